The Balaban J connectivity index is 1.91. The van der Waals surface area contributed by atoms with Crippen LogP contribution in [0.3, 0.4) is 0 Å². The molecule has 2 heterocycles. The van der Waals surface area contributed by atoms with Crippen LogP contribution in [0.2, 0.25) is 0 Å². The maximum absolute atomic E-state index is 12.2. The zero-order valence-corrected chi connectivity index (χ0v) is 14.8. The normalized spacial score (nSPS) is 12.9. The number of hydrogen-bond donors (Lipinski definition) is 1. The Bertz CT molecular complexity index is 807. The minimum atomic E-state index is -4.51. The van der Waals surface area contributed by atoms with E-state index in [9.17, 15) is 31.1 Å². The van der Waals surface area contributed by atoms with Gasteiger partial charge < -0.3 is 14.8 Å². The molecule has 0 fully saturated rings. The van der Waals surface area contributed by atoms with Gasteiger partial charge in [-0.2, -0.15) is 26.3 Å². The third kappa shape index (κ3) is 7.84. The molecule has 6 nitrogen and oxygen atoms in total. The van der Waals surface area contributed by atoms with E-state index in [1.165, 1.54) is 18.2 Å². The highest BCUT2D eigenvalue weighted by molar-refractivity contribution is 5.94. The van der Waals surface area contributed by atoms with Gasteiger partial charge in [-0.25, -0.2) is 4.98 Å². The van der Waals surface area contributed by atoms with Crippen molar-refractivity contribution in [1.29, 1.82) is 0 Å². The topological polar surface area (TPSA) is 73.3 Å². The number of ether oxygens (including phenoxy) is 2. The number of rotatable bonds is 7. The average Bonchev–Trinajstić information content (AvgIpc) is 2.64. The molecule has 0 saturated heterocycles. The summed E-state index contributed by atoms with van der Waals surface area (Å²) < 4.78 is 81.6. The van der Waals surface area contributed by atoms with Crippen molar-refractivity contribution in [3.63, 3.8) is 0 Å². The third-order valence-electron chi connectivity index (χ3n) is 3.34. The second-order valence-corrected chi connectivity index (χ2v) is 5.81. The molecular weight excluding hydrogens is 408 g/mol. The van der Waals surface area contributed by atoms with Crippen LogP contribution in [0.5, 0.6) is 11.6 Å². The van der Waals surface area contributed by atoms with E-state index < -0.39 is 37.5 Å². The van der Waals surface area contributed by atoms with Crippen LogP contribution >= 0.6 is 0 Å². The first-order valence-electron chi connectivity index (χ1n) is 8.05. The van der Waals surface area contributed by atoms with Gasteiger partial charge in [0.2, 0.25) is 5.88 Å². The number of carbonyl (C=O) groups is 1. The summed E-state index contributed by atoms with van der Waals surface area (Å²) in [6.07, 6.45) is -6.83. The Kier molecular flexibility index (Phi) is 6.88. The summed E-state index contributed by atoms with van der Waals surface area (Å²) in [5.74, 6) is -0.946. The van der Waals surface area contributed by atoms with Gasteiger partial charge in [0.15, 0.2) is 13.2 Å². The van der Waals surface area contributed by atoms with Crippen molar-refractivity contribution in [3.8, 4) is 11.6 Å². The van der Waals surface area contributed by atoms with Gasteiger partial charge in [-0.3, -0.25) is 9.78 Å². The molecule has 0 aliphatic carbocycles. The summed E-state index contributed by atoms with van der Waals surface area (Å²) in [6.45, 7) is -1.36. The molecule has 1 atom stereocenters. The third-order valence-corrected chi connectivity index (χ3v) is 3.34. The number of nitrogens with one attached hydrogen (secondary N) is 1. The van der Waals surface area contributed by atoms with Gasteiger partial charge in [-0.15, -0.1) is 0 Å². The Hall–Kier alpha value is -3.05. The fourth-order valence-electron chi connectivity index (χ4n) is 2.01. The number of aromatic nitrogens is 2. The molecule has 0 spiro atoms. The number of amides is 1. The van der Waals surface area contributed by atoms with Gasteiger partial charge >= 0.3 is 12.4 Å². The fraction of sp³-hybridized carbons (Fsp3) is 0.353. The van der Waals surface area contributed by atoms with Crippen molar-refractivity contribution in [2.24, 2.45) is 0 Å². The molecule has 0 aliphatic rings. The Labute approximate surface area is 160 Å². The second kappa shape index (κ2) is 8.97. The Morgan fingerprint density at radius 1 is 0.966 bits per heavy atom. The van der Waals surface area contributed by atoms with Crippen molar-refractivity contribution < 1.29 is 40.6 Å². The summed E-state index contributed by atoms with van der Waals surface area (Å²) in [7, 11) is 0. The minimum absolute atomic E-state index is 0.0707. The van der Waals surface area contributed by atoms with Crippen molar-refractivity contribution in [3.05, 3.63) is 47.9 Å². The summed E-state index contributed by atoms with van der Waals surface area (Å²) >= 11 is 0. The lowest BCUT2D eigenvalue weighted by Gasteiger charge is -2.14. The number of carbonyl (C=O) groups excluding carboxylic acids is 1. The molecule has 2 rings (SSSR count). The number of pyridine rings is 2. The summed E-state index contributed by atoms with van der Waals surface area (Å²) in [6, 6.07) is 4.42. The van der Waals surface area contributed by atoms with Crippen LogP contribution in [0, 0.1) is 0 Å². The van der Waals surface area contributed by atoms with E-state index >= 15 is 0 Å². The predicted molar refractivity (Wildman–Crippen MR) is 87.5 cm³/mol. The molecule has 29 heavy (non-hydrogen) atoms. The number of alkyl halides is 6. The molecule has 0 unspecified atom stereocenters. The monoisotopic (exact) mass is 423 g/mol. The largest absolute Gasteiger partial charge is 0.483 e. The number of halogens is 6. The summed E-state index contributed by atoms with van der Waals surface area (Å²) in [4.78, 5) is 19.8. The standard InChI is InChI=1S/C17H15F6N3O3/c1-10(13-4-3-12(7-24-13)28-8-16(18,19)20)26-15(27)11-2-5-14(25-6-11)29-9-17(21,22)23/h2-7,10H,8-9H2,1H3,(H,26,27)/t10-/m1/s1. The van der Waals surface area contributed by atoms with Crippen molar-refractivity contribution in [1.82, 2.24) is 15.3 Å². The minimum Gasteiger partial charge on any atom is -0.483 e. The van der Waals surface area contributed by atoms with Crippen LogP contribution in [0.25, 0.3) is 0 Å². The lowest BCUT2D eigenvalue weighted by molar-refractivity contribution is -0.154. The zero-order valence-electron chi connectivity index (χ0n) is 14.8. The smallest absolute Gasteiger partial charge is 0.422 e. The Morgan fingerprint density at radius 2 is 1.62 bits per heavy atom. The maximum atomic E-state index is 12.2. The lowest BCUT2D eigenvalue weighted by Crippen LogP contribution is -2.27. The van der Waals surface area contributed by atoms with Gasteiger partial charge in [0.1, 0.15) is 5.75 Å². The van der Waals surface area contributed by atoms with Crippen LogP contribution in [-0.4, -0.2) is 41.4 Å². The molecule has 12 heteroatoms. The molecule has 158 valence electrons. The van der Waals surface area contributed by atoms with Gasteiger partial charge in [0, 0.05) is 12.3 Å². The van der Waals surface area contributed by atoms with Gasteiger partial charge in [-0.1, -0.05) is 0 Å². The first-order chi connectivity index (χ1) is 13.4. The molecule has 0 radical (unpaired) electrons. The molecule has 0 bridgehead atoms. The molecule has 1 amide bonds. The van der Waals surface area contributed by atoms with Crippen LogP contribution in [0.1, 0.15) is 29.0 Å². The molecule has 0 saturated carbocycles. The van der Waals surface area contributed by atoms with Crippen molar-refractivity contribution in [2.75, 3.05) is 13.2 Å². The van der Waals surface area contributed by atoms with Crippen LogP contribution < -0.4 is 14.8 Å². The highest BCUT2D eigenvalue weighted by Gasteiger charge is 2.29. The molecule has 2 aromatic heterocycles. The Morgan fingerprint density at radius 3 is 2.14 bits per heavy atom. The molecular formula is C17H15F6N3O3. The van der Waals surface area contributed by atoms with E-state index in [1.807, 2.05) is 0 Å². The highest BCUT2D eigenvalue weighted by Crippen LogP contribution is 2.20. The molecule has 0 aliphatic heterocycles. The number of nitrogens with zero attached hydrogens (tertiary/aromatic N) is 2. The predicted octanol–water partition coefficient (Wildman–Crippen LogP) is 3.85. The van der Waals surface area contributed by atoms with Gasteiger partial charge in [0.25, 0.3) is 5.91 Å². The second-order valence-electron chi connectivity index (χ2n) is 5.81. The quantitative estimate of drug-likeness (QED) is 0.685. The van der Waals surface area contributed by atoms with E-state index in [0.29, 0.717) is 5.69 Å². The van der Waals surface area contributed by atoms with E-state index in [0.717, 1.165) is 18.5 Å². The lowest BCUT2D eigenvalue weighted by atomic mass is 10.2. The van der Waals surface area contributed by atoms with Crippen molar-refractivity contribution in [2.45, 2.75) is 25.3 Å². The molecule has 2 aromatic rings. The van der Waals surface area contributed by atoms with Crippen LogP contribution in [-0.2, 0) is 0 Å². The molecule has 0 aromatic carbocycles. The highest BCUT2D eigenvalue weighted by atomic mass is 19.4. The average molecular weight is 423 g/mol. The van der Waals surface area contributed by atoms with E-state index in [1.54, 1.807) is 6.92 Å². The summed E-state index contributed by atoms with van der Waals surface area (Å²) in [5, 5.41) is 2.58. The van der Waals surface area contributed by atoms with E-state index in [-0.39, 0.29) is 17.2 Å². The first-order valence-corrected chi connectivity index (χ1v) is 8.05. The van der Waals surface area contributed by atoms with Gasteiger partial charge in [0.05, 0.1) is 23.5 Å². The zero-order chi connectivity index (χ0) is 21.7. The maximum Gasteiger partial charge on any atom is 0.422 e. The van der Waals surface area contributed by atoms with E-state index in [4.69, 9.17) is 0 Å². The molecule has 1 N–H and O–H groups in total. The summed E-state index contributed by atoms with van der Waals surface area (Å²) in [5.41, 5.74) is 0.428. The number of hydrogen-bond acceptors (Lipinski definition) is 5. The van der Waals surface area contributed by atoms with E-state index in [2.05, 4.69) is 24.8 Å². The van der Waals surface area contributed by atoms with Crippen molar-refractivity contribution >= 4 is 5.91 Å². The fourth-order valence-corrected chi connectivity index (χ4v) is 2.01. The SMILES string of the molecule is C[C@@H](NC(=O)c1ccc(OCC(F)(F)F)nc1)c1ccc(OCC(F)(F)F)cn1. The first kappa shape index (κ1) is 22.2. The van der Waals surface area contributed by atoms with Gasteiger partial charge in [-0.05, 0) is 25.1 Å². The van der Waals surface area contributed by atoms with Crippen LogP contribution in [0.15, 0.2) is 36.7 Å². The van der Waals surface area contributed by atoms with Crippen LogP contribution in [0.4, 0.5) is 26.3 Å².